The van der Waals surface area contributed by atoms with Crippen LogP contribution in [-0.4, -0.2) is 32.7 Å². The van der Waals surface area contributed by atoms with Gasteiger partial charge in [0.05, 0.1) is 22.4 Å². The summed E-state index contributed by atoms with van der Waals surface area (Å²) in [5, 5.41) is 9.41. The normalized spacial score (nSPS) is 12.3. The van der Waals surface area contributed by atoms with Crippen LogP contribution in [0.2, 0.25) is 10.0 Å². The Kier molecular flexibility index (Phi) is 5.51. The minimum absolute atomic E-state index is 0.0278. The van der Waals surface area contributed by atoms with Crippen molar-refractivity contribution in [2.45, 2.75) is 23.8 Å². The number of carbonyl (C=O) groups excluding carboxylic acids is 1. The van der Waals surface area contributed by atoms with Crippen molar-refractivity contribution in [1.82, 2.24) is 14.6 Å². The van der Waals surface area contributed by atoms with E-state index in [0.29, 0.717) is 38.6 Å². The van der Waals surface area contributed by atoms with Gasteiger partial charge in [0.15, 0.2) is 16.6 Å². The van der Waals surface area contributed by atoms with Gasteiger partial charge in [-0.2, -0.15) is 0 Å². The molecule has 3 aromatic rings. The molecule has 1 atom stereocenters. The van der Waals surface area contributed by atoms with Crippen molar-refractivity contribution >= 4 is 46.4 Å². The van der Waals surface area contributed by atoms with Crippen molar-refractivity contribution in [1.29, 1.82) is 0 Å². The SMILES string of the molecule is CCC(Sc1nnc2c(Cl)cc(Cl)cn12)C(=O)c1ccc(OC)cc1. The maximum Gasteiger partial charge on any atom is 0.196 e. The summed E-state index contributed by atoms with van der Waals surface area (Å²) in [5.74, 6) is 0.741. The predicted octanol–water partition coefficient (Wildman–Crippen LogP) is 4.80. The van der Waals surface area contributed by atoms with Crippen LogP contribution < -0.4 is 4.74 Å². The third kappa shape index (κ3) is 3.76. The van der Waals surface area contributed by atoms with Gasteiger partial charge < -0.3 is 4.74 Å². The summed E-state index contributed by atoms with van der Waals surface area (Å²) < 4.78 is 6.84. The average Bonchev–Trinajstić information content (AvgIpc) is 3.02. The van der Waals surface area contributed by atoms with Crippen molar-refractivity contribution in [3.8, 4) is 5.75 Å². The van der Waals surface area contributed by atoms with E-state index in [9.17, 15) is 4.79 Å². The number of carbonyl (C=O) groups is 1. The van der Waals surface area contributed by atoms with E-state index in [4.69, 9.17) is 27.9 Å². The highest BCUT2D eigenvalue weighted by atomic mass is 35.5. The zero-order chi connectivity index (χ0) is 18.0. The minimum Gasteiger partial charge on any atom is -0.497 e. The monoisotopic (exact) mass is 395 g/mol. The smallest absolute Gasteiger partial charge is 0.196 e. The molecule has 0 N–H and O–H groups in total. The van der Waals surface area contributed by atoms with Crippen molar-refractivity contribution in [3.63, 3.8) is 0 Å². The molecular formula is C17H15Cl2N3O2S. The number of hydrogen-bond donors (Lipinski definition) is 0. The molecule has 25 heavy (non-hydrogen) atoms. The van der Waals surface area contributed by atoms with Crippen LogP contribution in [0.5, 0.6) is 5.75 Å². The summed E-state index contributed by atoms with van der Waals surface area (Å²) in [4.78, 5) is 12.8. The van der Waals surface area contributed by atoms with Crippen molar-refractivity contribution < 1.29 is 9.53 Å². The Hall–Kier alpha value is -1.76. The van der Waals surface area contributed by atoms with Gasteiger partial charge in [0.25, 0.3) is 0 Å². The summed E-state index contributed by atoms with van der Waals surface area (Å²) in [6.07, 6.45) is 2.34. The van der Waals surface area contributed by atoms with E-state index >= 15 is 0 Å². The molecule has 0 saturated heterocycles. The van der Waals surface area contributed by atoms with Gasteiger partial charge in [-0.15, -0.1) is 10.2 Å². The number of methoxy groups -OCH3 is 1. The van der Waals surface area contributed by atoms with Gasteiger partial charge >= 0.3 is 0 Å². The highest BCUT2D eigenvalue weighted by Gasteiger charge is 2.23. The van der Waals surface area contributed by atoms with Crippen LogP contribution in [0.3, 0.4) is 0 Å². The van der Waals surface area contributed by atoms with Gasteiger partial charge in [0.1, 0.15) is 5.75 Å². The summed E-state index contributed by atoms with van der Waals surface area (Å²) in [5.41, 5.74) is 1.14. The molecule has 0 saturated carbocycles. The lowest BCUT2D eigenvalue weighted by molar-refractivity contribution is 0.0988. The second-order valence-electron chi connectivity index (χ2n) is 5.29. The first-order valence-electron chi connectivity index (χ1n) is 7.58. The Morgan fingerprint density at radius 3 is 2.64 bits per heavy atom. The zero-order valence-electron chi connectivity index (χ0n) is 13.6. The number of fused-ring (bicyclic) bond motifs is 1. The fraction of sp³-hybridized carbons (Fsp3) is 0.235. The van der Waals surface area contributed by atoms with Gasteiger partial charge in [0.2, 0.25) is 0 Å². The Bertz CT molecular complexity index is 912. The van der Waals surface area contributed by atoms with Crippen molar-refractivity contribution in [2.75, 3.05) is 7.11 Å². The van der Waals surface area contributed by atoms with Gasteiger partial charge in [-0.3, -0.25) is 9.20 Å². The van der Waals surface area contributed by atoms with Crippen LogP contribution in [0, 0.1) is 0 Å². The number of aromatic nitrogens is 3. The summed E-state index contributed by atoms with van der Waals surface area (Å²) >= 11 is 13.5. The molecule has 0 aliphatic rings. The van der Waals surface area contributed by atoms with Crippen LogP contribution >= 0.6 is 35.0 Å². The first kappa shape index (κ1) is 18.0. The zero-order valence-corrected chi connectivity index (χ0v) is 15.9. The number of nitrogens with zero attached hydrogens (tertiary/aromatic N) is 3. The van der Waals surface area contributed by atoms with E-state index in [-0.39, 0.29) is 11.0 Å². The van der Waals surface area contributed by atoms with E-state index in [0.717, 1.165) is 0 Å². The summed E-state index contributed by atoms with van der Waals surface area (Å²) in [6.45, 7) is 1.96. The lowest BCUT2D eigenvalue weighted by Crippen LogP contribution is -2.17. The molecule has 3 rings (SSSR count). The maximum absolute atomic E-state index is 12.8. The standard InChI is InChI=1S/C17H15Cl2N3O2S/c1-3-14(15(23)10-4-6-12(24-2)7-5-10)25-17-21-20-16-13(19)8-11(18)9-22(16)17/h4-9,14H,3H2,1-2H3. The molecule has 0 bridgehead atoms. The number of thioether (sulfide) groups is 1. The highest BCUT2D eigenvalue weighted by Crippen LogP contribution is 2.30. The molecule has 8 heteroatoms. The number of rotatable bonds is 6. The predicted molar refractivity (Wildman–Crippen MR) is 100 cm³/mol. The molecule has 5 nitrogen and oxygen atoms in total. The largest absolute Gasteiger partial charge is 0.497 e. The number of ketones is 1. The third-order valence-corrected chi connectivity index (χ3v) is 5.49. The fourth-order valence-electron chi connectivity index (χ4n) is 2.37. The van der Waals surface area contributed by atoms with E-state index < -0.39 is 0 Å². The van der Waals surface area contributed by atoms with Crippen LogP contribution in [0.25, 0.3) is 5.65 Å². The van der Waals surface area contributed by atoms with Gasteiger partial charge in [-0.25, -0.2) is 0 Å². The van der Waals surface area contributed by atoms with E-state index in [1.54, 1.807) is 48.0 Å². The highest BCUT2D eigenvalue weighted by molar-refractivity contribution is 8.00. The number of Topliss-reactive ketones (excluding diaryl/α,β-unsaturated/α-hetero) is 1. The fourth-order valence-corrected chi connectivity index (χ4v) is 3.89. The molecule has 2 aromatic heterocycles. The van der Waals surface area contributed by atoms with Crippen LogP contribution in [0.4, 0.5) is 0 Å². The molecule has 130 valence electrons. The van der Waals surface area contributed by atoms with Gasteiger partial charge in [-0.1, -0.05) is 41.9 Å². The van der Waals surface area contributed by atoms with Crippen molar-refractivity contribution in [2.24, 2.45) is 0 Å². The molecular weight excluding hydrogens is 381 g/mol. The Morgan fingerprint density at radius 1 is 1.28 bits per heavy atom. The first-order chi connectivity index (χ1) is 12.0. The number of halogens is 2. The minimum atomic E-state index is -0.293. The van der Waals surface area contributed by atoms with Crippen LogP contribution in [0.1, 0.15) is 23.7 Å². The number of pyridine rings is 1. The number of benzene rings is 1. The molecule has 0 amide bonds. The second kappa shape index (κ2) is 7.64. The first-order valence-corrected chi connectivity index (χ1v) is 9.21. The quantitative estimate of drug-likeness (QED) is 0.443. The van der Waals surface area contributed by atoms with E-state index in [1.807, 2.05) is 6.92 Å². The van der Waals surface area contributed by atoms with Gasteiger partial charge in [0, 0.05) is 11.8 Å². The van der Waals surface area contributed by atoms with Gasteiger partial charge in [-0.05, 0) is 36.8 Å². The molecule has 1 unspecified atom stereocenters. The number of ether oxygens (including phenoxy) is 1. The topological polar surface area (TPSA) is 56.5 Å². The molecule has 1 aromatic carbocycles. The summed E-state index contributed by atoms with van der Waals surface area (Å²) in [6, 6.07) is 8.69. The molecule has 0 radical (unpaired) electrons. The molecule has 0 aliphatic carbocycles. The average molecular weight is 396 g/mol. The lowest BCUT2D eigenvalue weighted by Gasteiger charge is -2.12. The Morgan fingerprint density at radius 2 is 2.00 bits per heavy atom. The van der Waals surface area contributed by atoms with Crippen molar-refractivity contribution in [3.05, 3.63) is 52.1 Å². The number of hydrogen-bond acceptors (Lipinski definition) is 5. The van der Waals surface area contributed by atoms with Crippen LogP contribution in [-0.2, 0) is 0 Å². The molecule has 2 heterocycles. The Labute approximate surface area is 159 Å². The lowest BCUT2D eigenvalue weighted by atomic mass is 10.1. The Balaban J connectivity index is 1.88. The summed E-state index contributed by atoms with van der Waals surface area (Å²) in [7, 11) is 1.59. The van der Waals surface area contributed by atoms with Crippen LogP contribution in [0.15, 0.2) is 41.7 Å². The van der Waals surface area contributed by atoms with E-state index in [1.165, 1.54) is 11.8 Å². The molecule has 0 spiro atoms. The third-order valence-electron chi connectivity index (χ3n) is 3.68. The maximum atomic E-state index is 12.8. The second-order valence-corrected chi connectivity index (χ2v) is 7.30. The molecule has 0 aliphatic heterocycles. The van der Waals surface area contributed by atoms with E-state index in [2.05, 4.69) is 10.2 Å². The molecule has 0 fully saturated rings.